The average Bonchev–Trinajstić information content (AvgIpc) is 2.55. The van der Waals surface area contributed by atoms with E-state index in [0.29, 0.717) is 6.61 Å². The van der Waals surface area contributed by atoms with E-state index in [9.17, 15) is 0 Å². The summed E-state index contributed by atoms with van der Waals surface area (Å²) in [6.07, 6.45) is 0. The Morgan fingerprint density at radius 3 is 2.57 bits per heavy atom. The molecule has 1 fully saturated rings. The zero-order chi connectivity index (χ0) is 14.5. The van der Waals surface area contributed by atoms with Gasteiger partial charge in [0.1, 0.15) is 12.4 Å². The van der Waals surface area contributed by atoms with Crippen molar-refractivity contribution in [1.29, 1.82) is 0 Å². The van der Waals surface area contributed by atoms with Gasteiger partial charge < -0.3 is 15.0 Å². The Balaban J connectivity index is 1.64. The van der Waals surface area contributed by atoms with Crippen molar-refractivity contribution < 1.29 is 4.74 Å². The molecule has 0 bridgehead atoms. The van der Waals surface area contributed by atoms with Crippen LogP contribution in [-0.2, 0) is 6.61 Å². The van der Waals surface area contributed by atoms with Gasteiger partial charge in [-0.1, -0.05) is 35.9 Å². The fraction of sp³-hybridized carbons (Fsp3) is 0.333. The van der Waals surface area contributed by atoms with E-state index in [-0.39, 0.29) is 0 Å². The first kappa shape index (κ1) is 14.0. The van der Waals surface area contributed by atoms with Gasteiger partial charge in [-0.3, -0.25) is 0 Å². The summed E-state index contributed by atoms with van der Waals surface area (Å²) in [5.74, 6) is 0.937. The number of aryl methyl sites for hydroxylation is 1. The van der Waals surface area contributed by atoms with Crippen molar-refractivity contribution in [3.8, 4) is 5.75 Å². The fourth-order valence-corrected chi connectivity index (χ4v) is 2.54. The molecule has 1 N–H and O–H groups in total. The third kappa shape index (κ3) is 3.76. The minimum Gasteiger partial charge on any atom is -0.489 e. The first-order chi connectivity index (χ1) is 10.3. The molecular formula is C18H22N2O. The minimum atomic E-state index is 0.616. The molecule has 0 radical (unpaired) electrons. The normalized spacial score (nSPS) is 15.0. The number of hydrogen-bond donors (Lipinski definition) is 1. The van der Waals surface area contributed by atoms with Crippen molar-refractivity contribution in [3.63, 3.8) is 0 Å². The summed E-state index contributed by atoms with van der Waals surface area (Å²) < 4.78 is 5.92. The molecule has 0 unspecified atom stereocenters. The first-order valence-electron chi connectivity index (χ1n) is 7.55. The van der Waals surface area contributed by atoms with Crippen LogP contribution in [0.4, 0.5) is 5.69 Å². The molecule has 3 rings (SSSR count). The van der Waals surface area contributed by atoms with E-state index in [2.05, 4.69) is 59.6 Å². The van der Waals surface area contributed by atoms with E-state index >= 15 is 0 Å². The molecule has 21 heavy (non-hydrogen) atoms. The maximum absolute atomic E-state index is 5.92. The fourth-order valence-electron chi connectivity index (χ4n) is 2.54. The lowest BCUT2D eigenvalue weighted by Gasteiger charge is -2.29. The van der Waals surface area contributed by atoms with Crippen molar-refractivity contribution in [1.82, 2.24) is 5.32 Å². The Kier molecular flexibility index (Phi) is 4.41. The third-order valence-corrected chi connectivity index (χ3v) is 3.83. The lowest BCUT2D eigenvalue weighted by molar-refractivity contribution is 0.306. The monoisotopic (exact) mass is 282 g/mol. The molecule has 0 aliphatic carbocycles. The smallest absolute Gasteiger partial charge is 0.121 e. The summed E-state index contributed by atoms with van der Waals surface area (Å²) >= 11 is 0. The highest BCUT2D eigenvalue weighted by Crippen LogP contribution is 2.22. The number of hydrogen-bond acceptors (Lipinski definition) is 3. The number of piperazine rings is 1. The molecule has 0 spiro atoms. The van der Waals surface area contributed by atoms with E-state index in [1.807, 2.05) is 6.07 Å². The SMILES string of the molecule is Cc1ccc(COc2cccc(N3CCNCC3)c2)cc1. The van der Waals surface area contributed by atoms with Gasteiger partial charge in [0, 0.05) is 37.9 Å². The van der Waals surface area contributed by atoms with Crippen LogP contribution in [0.15, 0.2) is 48.5 Å². The highest BCUT2D eigenvalue weighted by atomic mass is 16.5. The first-order valence-corrected chi connectivity index (χ1v) is 7.55. The molecule has 3 heteroatoms. The molecule has 0 amide bonds. The summed E-state index contributed by atoms with van der Waals surface area (Å²) in [7, 11) is 0. The largest absolute Gasteiger partial charge is 0.489 e. The molecule has 2 aromatic rings. The van der Waals surface area contributed by atoms with Crippen LogP contribution in [0.2, 0.25) is 0 Å². The van der Waals surface area contributed by atoms with Gasteiger partial charge in [-0.2, -0.15) is 0 Å². The molecule has 110 valence electrons. The Morgan fingerprint density at radius 1 is 1.05 bits per heavy atom. The molecule has 3 nitrogen and oxygen atoms in total. The summed E-state index contributed by atoms with van der Waals surface area (Å²) in [4.78, 5) is 2.40. The van der Waals surface area contributed by atoms with Crippen LogP contribution in [0.25, 0.3) is 0 Å². The zero-order valence-corrected chi connectivity index (χ0v) is 12.5. The van der Waals surface area contributed by atoms with Gasteiger partial charge in [0.05, 0.1) is 0 Å². The van der Waals surface area contributed by atoms with Crippen molar-refractivity contribution >= 4 is 5.69 Å². The highest BCUT2D eigenvalue weighted by Gasteiger charge is 2.10. The maximum Gasteiger partial charge on any atom is 0.121 e. The Hall–Kier alpha value is -2.00. The predicted octanol–water partition coefficient (Wildman–Crippen LogP) is 2.98. The van der Waals surface area contributed by atoms with Gasteiger partial charge in [-0.05, 0) is 24.6 Å². The van der Waals surface area contributed by atoms with Crippen molar-refractivity contribution in [2.24, 2.45) is 0 Å². The molecule has 0 atom stereocenters. The van der Waals surface area contributed by atoms with Gasteiger partial charge >= 0.3 is 0 Å². The molecule has 2 aromatic carbocycles. The zero-order valence-electron chi connectivity index (χ0n) is 12.5. The molecule has 0 aromatic heterocycles. The predicted molar refractivity (Wildman–Crippen MR) is 87.0 cm³/mol. The van der Waals surface area contributed by atoms with Gasteiger partial charge in [0.25, 0.3) is 0 Å². The number of benzene rings is 2. The van der Waals surface area contributed by atoms with Gasteiger partial charge in [0.15, 0.2) is 0 Å². The topological polar surface area (TPSA) is 24.5 Å². The summed E-state index contributed by atoms with van der Waals surface area (Å²) in [5.41, 5.74) is 3.73. The quantitative estimate of drug-likeness (QED) is 0.933. The van der Waals surface area contributed by atoms with E-state index < -0.39 is 0 Å². The molecule has 1 heterocycles. The van der Waals surface area contributed by atoms with Crippen LogP contribution >= 0.6 is 0 Å². The minimum absolute atomic E-state index is 0.616. The van der Waals surface area contributed by atoms with Crippen LogP contribution in [0, 0.1) is 6.92 Å². The summed E-state index contributed by atoms with van der Waals surface area (Å²) in [5, 5.41) is 3.38. The lowest BCUT2D eigenvalue weighted by Crippen LogP contribution is -2.43. The average molecular weight is 282 g/mol. The molecule has 0 saturated carbocycles. The van der Waals surface area contributed by atoms with E-state index in [1.165, 1.54) is 16.8 Å². The van der Waals surface area contributed by atoms with Crippen molar-refractivity contribution in [3.05, 3.63) is 59.7 Å². The van der Waals surface area contributed by atoms with Crippen molar-refractivity contribution in [2.45, 2.75) is 13.5 Å². The second-order valence-electron chi connectivity index (χ2n) is 5.51. The Morgan fingerprint density at radius 2 is 1.81 bits per heavy atom. The molecule has 1 saturated heterocycles. The second-order valence-corrected chi connectivity index (χ2v) is 5.51. The standard InChI is InChI=1S/C18H22N2O/c1-15-5-7-16(8-6-15)14-21-18-4-2-3-17(13-18)20-11-9-19-10-12-20/h2-8,13,19H,9-12,14H2,1H3. The number of anilines is 1. The number of nitrogens with zero attached hydrogens (tertiary/aromatic N) is 1. The number of nitrogens with one attached hydrogen (secondary N) is 1. The molecule has 1 aliphatic heterocycles. The highest BCUT2D eigenvalue weighted by molar-refractivity contribution is 5.51. The van der Waals surface area contributed by atoms with Gasteiger partial charge in [-0.15, -0.1) is 0 Å². The number of ether oxygens (including phenoxy) is 1. The summed E-state index contributed by atoms with van der Waals surface area (Å²) in [6.45, 7) is 6.93. The Bertz CT molecular complexity index is 574. The third-order valence-electron chi connectivity index (χ3n) is 3.83. The lowest BCUT2D eigenvalue weighted by atomic mass is 10.2. The van der Waals surface area contributed by atoms with E-state index in [4.69, 9.17) is 4.74 Å². The Labute approximate surface area is 126 Å². The van der Waals surface area contributed by atoms with Crippen LogP contribution < -0.4 is 15.0 Å². The van der Waals surface area contributed by atoms with Crippen LogP contribution in [0.1, 0.15) is 11.1 Å². The molecular weight excluding hydrogens is 260 g/mol. The van der Waals surface area contributed by atoms with Crippen LogP contribution in [-0.4, -0.2) is 26.2 Å². The van der Waals surface area contributed by atoms with Crippen molar-refractivity contribution in [2.75, 3.05) is 31.1 Å². The summed E-state index contributed by atoms with van der Waals surface area (Å²) in [6, 6.07) is 16.9. The van der Waals surface area contributed by atoms with Crippen LogP contribution in [0.3, 0.4) is 0 Å². The number of rotatable bonds is 4. The van der Waals surface area contributed by atoms with E-state index in [0.717, 1.165) is 31.9 Å². The molecule has 1 aliphatic rings. The van der Waals surface area contributed by atoms with E-state index in [1.54, 1.807) is 0 Å². The van der Waals surface area contributed by atoms with Gasteiger partial charge in [0.2, 0.25) is 0 Å². The maximum atomic E-state index is 5.92. The second kappa shape index (κ2) is 6.64. The van der Waals surface area contributed by atoms with Crippen LogP contribution in [0.5, 0.6) is 5.75 Å². The van der Waals surface area contributed by atoms with Gasteiger partial charge in [-0.25, -0.2) is 0 Å².